The van der Waals surface area contributed by atoms with E-state index >= 15 is 0 Å². The van der Waals surface area contributed by atoms with Gasteiger partial charge in [0.2, 0.25) is 0 Å². The first-order chi connectivity index (χ1) is 13.7. The van der Waals surface area contributed by atoms with Gasteiger partial charge in [0.05, 0.1) is 12.2 Å². The molecule has 2 aromatic carbocycles. The number of ether oxygens (including phenoxy) is 2. The van der Waals surface area contributed by atoms with E-state index in [2.05, 4.69) is 5.32 Å². The summed E-state index contributed by atoms with van der Waals surface area (Å²) in [6, 6.07) is 15.0. The monoisotopic (exact) mass is 380 g/mol. The van der Waals surface area contributed by atoms with Gasteiger partial charge in [-0.2, -0.15) is 0 Å². The van der Waals surface area contributed by atoms with Gasteiger partial charge >= 0.3 is 0 Å². The molecule has 2 heterocycles. The number of hydrogen-bond donors (Lipinski definition) is 1. The lowest BCUT2D eigenvalue weighted by atomic mass is 9.78. The first-order valence-electron chi connectivity index (χ1n) is 10.2. The van der Waals surface area contributed by atoms with Gasteiger partial charge in [-0.15, -0.1) is 0 Å². The fourth-order valence-electron chi connectivity index (χ4n) is 4.24. The molecule has 0 aromatic heterocycles. The molecule has 0 saturated carbocycles. The van der Waals surface area contributed by atoms with E-state index in [0.29, 0.717) is 34.8 Å². The smallest absolute Gasteiger partial charge is 0.257 e. The van der Waals surface area contributed by atoms with Crippen molar-refractivity contribution in [1.82, 2.24) is 10.2 Å². The topological polar surface area (TPSA) is 50.8 Å². The van der Waals surface area contributed by atoms with Crippen LogP contribution in [0.3, 0.4) is 0 Å². The summed E-state index contributed by atoms with van der Waals surface area (Å²) in [5.74, 6) is 1.92. The van der Waals surface area contributed by atoms with E-state index < -0.39 is 0 Å². The molecule has 5 nitrogen and oxygen atoms in total. The largest absolute Gasteiger partial charge is 0.490 e. The number of benzene rings is 2. The highest BCUT2D eigenvalue weighted by atomic mass is 16.5. The van der Waals surface area contributed by atoms with Crippen LogP contribution in [0.4, 0.5) is 0 Å². The summed E-state index contributed by atoms with van der Waals surface area (Å²) in [6.07, 6.45) is 3.37. The molecule has 2 aromatic rings. The van der Waals surface area contributed by atoms with Crippen molar-refractivity contribution in [2.75, 3.05) is 32.8 Å². The van der Waals surface area contributed by atoms with Gasteiger partial charge in [0, 0.05) is 19.6 Å². The third kappa shape index (κ3) is 3.85. The summed E-state index contributed by atoms with van der Waals surface area (Å²) >= 11 is 0. The van der Waals surface area contributed by atoms with Crippen LogP contribution in [0.15, 0.2) is 48.5 Å². The molecular formula is C23H28N2O3. The lowest BCUT2D eigenvalue weighted by Crippen LogP contribution is -2.44. The normalized spacial score (nSPS) is 18.2. The summed E-state index contributed by atoms with van der Waals surface area (Å²) in [7, 11) is 0. The van der Waals surface area contributed by atoms with Crippen LogP contribution >= 0.6 is 0 Å². The van der Waals surface area contributed by atoms with Gasteiger partial charge in [-0.25, -0.2) is 0 Å². The van der Waals surface area contributed by atoms with E-state index in [0.717, 1.165) is 39.0 Å². The van der Waals surface area contributed by atoms with Crippen LogP contribution in [-0.2, 0) is 0 Å². The van der Waals surface area contributed by atoms with Crippen molar-refractivity contribution in [3.05, 3.63) is 54.1 Å². The molecule has 2 saturated heterocycles. The molecule has 2 aliphatic rings. The summed E-state index contributed by atoms with van der Waals surface area (Å²) in [4.78, 5) is 15.2. The molecule has 28 heavy (non-hydrogen) atoms. The molecule has 1 amide bonds. The molecular weight excluding hydrogens is 352 g/mol. The van der Waals surface area contributed by atoms with Crippen molar-refractivity contribution in [2.24, 2.45) is 5.41 Å². The van der Waals surface area contributed by atoms with Crippen LogP contribution < -0.4 is 14.8 Å². The first-order valence-corrected chi connectivity index (χ1v) is 10.2. The van der Waals surface area contributed by atoms with Crippen molar-refractivity contribution in [3.63, 3.8) is 0 Å². The zero-order valence-electron chi connectivity index (χ0n) is 16.4. The second kappa shape index (κ2) is 8.23. The number of nitrogens with one attached hydrogen (secondary N) is 1. The average molecular weight is 380 g/mol. The van der Waals surface area contributed by atoms with Crippen LogP contribution in [0, 0.1) is 5.41 Å². The maximum absolute atomic E-state index is 13.2. The second-order valence-corrected chi connectivity index (χ2v) is 7.70. The number of hydrogen-bond acceptors (Lipinski definition) is 4. The summed E-state index contributed by atoms with van der Waals surface area (Å²) in [5, 5.41) is 3.48. The van der Waals surface area contributed by atoms with Crippen molar-refractivity contribution in [3.8, 4) is 17.2 Å². The minimum Gasteiger partial charge on any atom is -0.490 e. The number of rotatable bonds is 5. The van der Waals surface area contributed by atoms with Crippen LogP contribution in [-0.4, -0.2) is 43.6 Å². The average Bonchev–Trinajstić information content (AvgIpc) is 3.18. The van der Waals surface area contributed by atoms with Crippen LogP contribution in [0.5, 0.6) is 17.2 Å². The molecule has 2 aliphatic heterocycles. The molecule has 0 unspecified atom stereocenters. The van der Waals surface area contributed by atoms with Gasteiger partial charge in [0.1, 0.15) is 5.75 Å². The number of para-hydroxylation sites is 3. The van der Waals surface area contributed by atoms with Gasteiger partial charge in [0.25, 0.3) is 5.91 Å². The lowest BCUT2D eigenvalue weighted by molar-refractivity contribution is 0.0605. The number of likely N-dealkylation sites (tertiary alicyclic amines) is 1. The maximum Gasteiger partial charge on any atom is 0.257 e. The summed E-state index contributed by atoms with van der Waals surface area (Å²) < 4.78 is 11.8. The predicted molar refractivity (Wildman–Crippen MR) is 109 cm³/mol. The molecule has 0 radical (unpaired) electrons. The Kier molecular flexibility index (Phi) is 5.53. The van der Waals surface area contributed by atoms with Gasteiger partial charge in [-0.3, -0.25) is 4.79 Å². The van der Waals surface area contributed by atoms with Crippen LogP contribution in [0.2, 0.25) is 0 Å². The van der Waals surface area contributed by atoms with Crippen molar-refractivity contribution in [1.29, 1.82) is 0 Å². The molecule has 1 N–H and O–H groups in total. The van der Waals surface area contributed by atoms with E-state index in [9.17, 15) is 4.79 Å². The Hall–Kier alpha value is -2.53. The van der Waals surface area contributed by atoms with Crippen molar-refractivity contribution >= 4 is 5.91 Å². The molecule has 4 rings (SSSR count). The van der Waals surface area contributed by atoms with Crippen LogP contribution in [0.25, 0.3) is 0 Å². The highest BCUT2D eigenvalue weighted by Crippen LogP contribution is 2.38. The maximum atomic E-state index is 13.2. The third-order valence-electron chi connectivity index (χ3n) is 5.93. The Balaban J connectivity index is 1.51. The third-order valence-corrected chi connectivity index (χ3v) is 5.93. The zero-order chi connectivity index (χ0) is 19.4. The summed E-state index contributed by atoms with van der Waals surface area (Å²) in [6.45, 7) is 6.31. The van der Waals surface area contributed by atoms with Gasteiger partial charge < -0.3 is 19.7 Å². The van der Waals surface area contributed by atoms with Gasteiger partial charge in [0.15, 0.2) is 11.5 Å². The van der Waals surface area contributed by atoms with Crippen LogP contribution in [0.1, 0.15) is 36.5 Å². The first kappa shape index (κ1) is 18.8. The highest BCUT2D eigenvalue weighted by Gasteiger charge is 2.38. The quantitative estimate of drug-likeness (QED) is 0.849. The molecule has 2 fully saturated rings. The summed E-state index contributed by atoms with van der Waals surface area (Å²) in [5.41, 5.74) is 0.998. The molecule has 0 bridgehead atoms. The number of nitrogens with zero attached hydrogens (tertiary/aromatic N) is 1. The SMILES string of the molecule is CCOc1ccccc1Oc1ccccc1C(=O)N1CCC2(CCNC2)CC1. The van der Waals surface area contributed by atoms with E-state index in [1.165, 1.54) is 6.42 Å². The predicted octanol–water partition coefficient (Wildman–Crippen LogP) is 4.09. The molecule has 1 spiro atoms. The number of carbonyl (C=O) groups is 1. The van der Waals surface area contributed by atoms with Crippen molar-refractivity contribution < 1.29 is 14.3 Å². The fraction of sp³-hybridized carbons (Fsp3) is 0.435. The Morgan fingerprint density at radius 2 is 1.68 bits per heavy atom. The number of piperidine rings is 1. The van der Waals surface area contributed by atoms with Gasteiger partial charge in [-0.05, 0) is 62.4 Å². The Morgan fingerprint density at radius 3 is 2.36 bits per heavy atom. The molecule has 0 atom stereocenters. The zero-order valence-corrected chi connectivity index (χ0v) is 16.4. The minimum absolute atomic E-state index is 0.0466. The fourth-order valence-corrected chi connectivity index (χ4v) is 4.24. The number of amides is 1. The highest BCUT2D eigenvalue weighted by molar-refractivity contribution is 5.97. The molecule has 0 aliphatic carbocycles. The minimum atomic E-state index is 0.0466. The Labute approximate surface area is 166 Å². The lowest BCUT2D eigenvalue weighted by Gasteiger charge is -2.39. The Bertz CT molecular complexity index is 820. The van der Waals surface area contributed by atoms with E-state index in [-0.39, 0.29) is 5.91 Å². The molecule has 5 heteroatoms. The van der Waals surface area contributed by atoms with E-state index in [4.69, 9.17) is 9.47 Å². The second-order valence-electron chi connectivity index (χ2n) is 7.70. The van der Waals surface area contributed by atoms with Crippen molar-refractivity contribution in [2.45, 2.75) is 26.2 Å². The molecule has 148 valence electrons. The van der Waals surface area contributed by atoms with E-state index in [1.807, 2.05) is 60.4 Å². The standard InChI is InChI=1S/C23H28N2O3/c1-2-27-20-9-5-6-10-21(20)28-19-8-4-3-7-18(19)22(26)25-15-12-23(13-16-25)11-14-24-17-23/h3-10,24H,2,11-17H2,1H3. The Morgan fingerprint density at radius 1 is 1.00 bits per heavy atom. The van der Waals surface area contributed by atoms with E-state index in [1.54, 1.807) is 0 Å². The van der Waals surface area contributed by atoms with Gasteiger partial charge in [-0.1, -0.05) is 24.3 Å². The number of carbonyl (C=O) groups excluding carboxylic acids is 1.